The van der Waals surface area contributed by atoms with Crippen LogP contribution in [0, 0.1) is 0 Å². The van der Waals surface area contributed by atoms with Crippen molar-refractivity contribution >= 4 is 40.6 Å². The molecule has 1 fully saturated rings. The van der Waals surface area contributed by atoms with Gasteiger partial charge in [-0.3, -0.25) is 14.7 Å². The number of nitrogens with zero attached hydrogens (tertiary/aromatic N) is 3. The minimum absolute atomic E-state index is 0.00194. The van der Waals surface area contributed by atoms with E-state index in [0.29, 0.717) is 41.3 Å². The van der Waals surface area contributed by atoms with Gasteiger partial charge in [0.2, 0.25) is 5.91 Å². The summed E-state index contributed by atoms with van der Waals surface area (Å²) in [6.07, 6.45) is 2.87. The minimum Gasteiger partial charge on any atom is -0.312 e. The van der Waals surface area contributed by atoms with Crippen LogP contribution in [0.3, 0.4) is 0 Å². The molecular formula is C22H24Cl2N4O. The largest absolute Gasteiger partial charge is 0.312 e. The Bertz CT molecular complexity index is 895. The molecule has 7 heteroatoms. The number of rotatable bonds is 4. The van der Waals surface area contributed by atoms with Crippen molar-refractivity contribution < 1.29 is 4.79 Å². The van der Waals surface area contributed by atoms with Gasteiger partial charge in [-0.25, -0.2) is 0 Å². The number of carbonyl (C=O) groups excluding carboxylic acids is 1. The van der Waals surface area contributed by atoms with Gasteiger partial charge in [0.15, 0.2) is 0 Å². The lowest BCUT2D eigenvalue weighted by Gasteiger charge is -2.31. The predicted molar refractivity (Wildman–Crippen MR) is 119 cm³/mol. The SMILES string of the molecule is O=C(CN1CCC(c2ccccc2)CC1)NC1=NN(c2ccc(Cl)c(Cl)c2)CC1. The number of nitrogens with one attached hydrogen (secondary N) is 1. The molecule has 29 heavy (non-hydrogen) atoms. The molecule has 0 bridgehead atoms. The quantitative estimate of drug-likeness (QED) is 0.775. The lowest BCUT2D eigenvalue weighted by atomic mass is 9.89. The molecule has 152 valence electrons. The highest BCUT2D eigenvalue weighted by Gasteiger charge is 2.23. The topological polar surface area (TPSA) is 47.9 Å². The number of hydrogen-bond acceptors (Lipinski definition) is 4. The number of hydrogen-bond donors (Lipinski definition) is 1. The van der Waals surface area contributed by atoms with Crippen LogP contribution in [0.2, 0.25) is 10.0 Å². The summed E-state index contributed by atoms with van der Waals surface area (Å²) in [6.45, 7) is 2.99. The number of amidine groups is 1. The summed E-state index contributed by atoms with van der Waals surface area (Å²) in [5.74, 6) is 1.28. The number of hydrazone groups is 1. The monoisotopic (exact) mass is 430 g/mol. The van der Waals surface area contributed by atoms with Gasteiger partial charge in [-0.05, 0) is 55.6 Å². The molecule has 1 saturated heterocycles. The number of benzene rings is 2. The summed E-state index contributed by atoms with van der Waals surface area (Å²) in [6, 6.07) is 16.1. The van der Waals surface area contributed by atoms with Crippen molar-refractivity contribution in [1.82, 2.24) is 10.2 Å². The number of amides is 1. The molecule has 0 aliphatic carbocycles. The first kappa shape index (κ1) is 20.2. The van der Waals surface area contributed by atoms with Gasteiger partial charge in [0.1, 0.15) is 5.84 Å². The Morgan fingerprint density at radius 2 is 1.79 bits per heavy atom. The second kappa shape index (κ2) is 9.16. The maximum atomic E-state index is 12.5. The second-order valence-electron chi connectivity index (χ2n) is 7.53. The molecule has 2 aliphatic rings. The summed E-state index contributed by atoms with van der Waals surface area (Å²) in [7, 11) is 0. The fourth-order valence-electron chi connectivity index (χ4n) is 3.93. The van der Waals surface area contributed by atoms with Crippen LogP contribution in [0.15, 0.2) is 53.6 Å². The van der Waals surface area contributed by atoms with Gasteiger partial charge in [0.25, 0.3) is 0 Å². The van der Waals surface area contributed by atoms with E-state index in [1.54, 1.807) is 12.1 Å². The Labute approximate surface area is 181 Å². The molecule has 0 saturated carbocycles. The van der Waals surface area contributed by atoms with Gasteiger partial charge < -0.3 is 5.32 Å². The highest BCUT2D eigenvalue weighted by molar-refractivity contribution is 6.42. The first-order valence-corrected chi connectivity index (χ1v) is 10.7. The average molecular weight is 431 g/mol. The minimum atomic E-state index is -0.00194. The van der Waals surface area contributed by atoms with E-state index in [9.17, 15) is 4.79 Å². The highest BCUT2D eigenvalue weighted by atomic mass is 35.5. The van der Waals surface area contributed by atoms with Crippen molar-refractivity contribution in [2.24, 2.45) is 5.10 Å². The van der Waals surface area contributed by atoms with Crippen molar-refractivity contribution in [1.29, 1.82) is 0 Å². The molecule has 2 aromatic carbocycles. The van der Waals surface area contributed by atoms with Gasteiger partial charge in [-0.2, -0.15) is 5.10 Å². The summed E-state index contributed by atoms with van der Waals surface area (Å²) in [5, 5.41) is 10.3. The van der Waals surface area contributed by atoms with Crippen molar-refractivity contribution in [3.63, 3.8) is 0 Å². The van der Waals surface area contributed by atoms with E-state index in [4.69, 9.17) is 23.2 Å². The van der Waals surface area contributed by atoms with E-state index in [-0.39, 0.29) is 5.91 Å². The molecule has 2 aliphatic heterocycles. The highest BCUT2D eigenvalue weighted by Crippen LogP contribution is 2.29. The second-order valence-corrected chi connectivity index (χ2v) is 8.34. The van der Waals surface area contributed by atoms with E-state index < -0.39 is 0 Å². The van der Waals surface area contributed by atoms with Gasteiger partial charge in [0, 0.05) is 13.0 Å². The number of likely N-dealkylation sites (tertiary alicyclic amines) is 1. The molecule has 0 spiro atoms. The molecule has 2 aromatic rings. The van der Waals surface area contributed by atoms with Gasteiger partial charge in [-0.1, -0.05) is 53.5 Å². The molecule has 0 unspecified atom stereocenters. The van der Waals surface area contributed by atoms with Crippen LogP contribution in [0.5, 0.6) is 0 Å². The number of halogens is 2. The molecule has 0 atom stereocenters. The lowest BCUT2D eigenvalue weighted by Crippen LogP contribution is -2.42. The average Bonchev–Trinajstić information content (AvgIpc) is 3.19. The molecular weight excluding hydrogens is 407 g/mol. The molecule has 1 amide bonds. The Kier molecular flexibility index (Phi) is 6.38. The van der Waals surface area contributed by atoms with Crippen LogP contribution in [-0.2, 0) is 4.79 Å². The number of carbonyl (C=O) groups is 1. The van der Waals surface area contributed by atoms with Crippen LogP contribution in [0.4, 0.5) is 5.69 Å². The smallest absolute Gasteiger partial charge is 0.239 e. The van der Waals surface area contributed by atoms with Crippen LogP contribution >= 0.6 is 23.2 Å². The standard InChI is InChI=1S/C22H24Cl2N4O/c23-19-7-6-18(14-20(19)24)28-13-10-21(26-28)25-22(29)15-27-11-8-17(9-12-27)16-4-2-1-3-5-16/h1-7,14,17H,8-13,15H2,(H,25,26,29). The summed E-state index contributed by atoms with van der Waals surface area (Å²) in [4.78, 5) is 14.7. The lowest BCUT2D eigenvalue weighted by molar-refractivity contribution is -0.121. The van der Waals surface area contributed by atoms with Crippen LogP contribution in [-0.4, -0.2) is 42.8 Å². The van der Waals surface area contributed by atoms with E-state index in [1.807, 2.05) is 11.1 Å². The molecule has 0 aromatic heterocycles. The Hall–Kier alpha value is -2.08. The summed E-state index contributed by atoms with van der Waals surface area (Å²) in [5.41, 5.74) is 2.27. The van der Waals surface area contributed by atoms with Crippen LogP contribution < -0.4 is 10.3 Å². The first-order valence-electron chi connectivity index (χ1n) is 9.96. The van der Waals surface area contributed by atoms with Crippen LogP contribution in [0.25, 0.3) is 0 Å². The summed E-state index contributed by atoms with van der Waals surface area (Å²) < 4.78 is 0. The van der Waals surface area contributed by atoms with Crippen molar-refractivity contribution in [2.75, 3.05) is 31.2 Å². The Morgan fingerprint density at radius 1 is 1.03 bits per heavy atom. The first-order chi connectivity index (χ1) is 14.1. The van der Waals surface area contributed by atoms with E-state index in [0.717, 1.165) is 31.6 Å². The predicted octanol–water partition coefficient (Wildman–Crippen LogP) is 4.51. The van der Waals surface area contributed by atoms with Gasteiger partial charge in [-0.15, -0.1) is 0 Å². The molecule has 4 rings (SSSR count). The molecule has 2 heterocycles. The Morgan fingerprint density at radius 3 is 2.52 bits per heavy atom. The third kappa shape index (κ3) is 5.10. The van der Waals surface area contributed by atoms with E-state index >= 15 is 0 Å². The maximum absolute atomic E-state index is 12.5. The van der Waals surface area contributed by atoms with Crippen molar-refractivity contribution in [3.05, 3.63) is 64.1 Å². The third-order valence-corrected chi connectivity index (χ3v) is 6.25. The van der Waals surface area contributed by atoms with Crippen molar-refractivity contribution in [2.45, 2.75) is 25.2 Å². The van der Waals surface area contributed by atoms with Crippen molar-refractivity contribution in [3.8, 4) is 0 Å². The maximum Gasteiger partial charge on any atom is 0.239 e. The summed E-state index contributed by atoms with van der Waals surface area (Å²) >= 11 is 12.1. The van der Waals surface area contributed by atoms with Gasteiger partial charge >= 0.3 is 0 Å². The van der Waals surface area contributed by atoms with Crippen LogP contribution in [0.1, 0.15) is 30.7 Å². The number of piperidine rings is 1. The molecule has 5 nitrogen and oxygen atoms in total. The third-order valence-electron chi connectivity index (χ3n) is 5.51. The van der Waals surface area contributed by atoms with Gasteiger partial charge in [0.05, 0.1) is 22.3 Å². The zero-order chi connectivity index (χ0) is 20.2. The van der Waals surface area contributed by atoms with E-state index in [1.165, 1.54) is 5.56 Å². The van der Waals surface area contributed by atoms with E-state index in [2.05, 4.69) is 45.6 Å². The molecule has 1 N–H and O–H groups in total. The fourth-order valence-corrected chi connectivity index (χ4v) is 4.22. The Balaban J connectivity index is 1.26. The zero-order valence-electron chi connectivity index (χ0n) is 16.2. The fraction of sp³-hybridized carbons (Fsp3) is 0.364. The molecule has 0 radical (unpaired) electrons. The normalized spacial score (nSPS) is 18.0. The zero-order valence-corrected chi connectivity index (χ0v) is 17.7. The number of anilines is 1.